The summed E-state index contributed by atoms with van der Waals surface area (Å²) in [6, 6.07) is 21.2. The van der Waals surface area contributed by atoms with Gasteiger partial charge in [-0.2, -0.15) is 0 Å². The minimum Gasteiger partial charge on any atom is -0.491 e. The van der Waals surface area contributed by atoms with Gasteiger partial charge in [-0.3, -0.25) is 14.4 Å². The molecular formula is C46H58N7O6Si+. The number of hydrogen-bond donors (Lipinski definition) is 1. The van der Waals surface area contributed by atoms with Gasteiger partial charge < -0.3 is 29.3 Å². The molecule has 0 saturated carbocycles. The van der Waals surface area contributed by atoms with Crippen molar-refractivity contribution in [1.29, 1.82) is 0 Å². The zero-order valence-electron chi connectivity index (χ0n) is 36.2. The summed E-state index contributed by atoms with van der Waals surface area (Å²) in [6.45, 7) is 6.13. The Labute approximate surface area is 354 Å². The molecule has 0 aromatic heterocycles. The topological polar surface area (TPSA) is 149 Å². The molecule has 3 aromatic carbocycles. The monoisotopic (exact) mass is 832 g/mol. The number of Topliss-reactive ketones (excluding diaryl/α,β-unsaturated/α-hetero) is 1. The summed E-state index contributed by atoms with van der Waals surface area (Å²) < 4.78 is 18.2. The highest BCUT2D eigenvalue weighted by Crippen LogP contribution is 2.42. The molecule has 1 heterocycles. The first-order valence-corrected chi connectivity index (χ1v) is 23.3. The molecule has 5 rings (SSSR count). The molecule has 1 unspecified atom stereocenters. The van der Waals surface area contributed by atoms with Crippen molar-refractivity contribution in [1.82, 2.24) is 10.2 Å². The van der Waals surface area contributed by atoms with Gasteiger partial charge in [0, 0.05) is 88.1 Å². The number of amides is 2. The second kappa shape index (κ2) is 20.9. The number of anilines is 1. The Morgan fingerprint density at radius 1 is 0.933 bits per heavy atom. The van der Waals surface area contributed by atoms with E-state index in [-0.39, 0.29) is 30.8 Å². The summed E-state index contributed by atoms with van der Waals surface area (Å²) in [5.74, 6) is 0.116. The molecule has 1 aliphatic carbocycles. The van der Waals surface area contributed by atoms with E-state index in [9.17, 15) is 14.4 Å². The second-order valence-corrected chi connectivity index (χ2v) is 20.2. The Hall–Kier alpha value is -5.79. The van der Waals surface area contributed by atoms with E-state index < -0.39 is 14.3 Å². The fourth-order valence-electron chi connectivity index (χ4n) is 7.43. The van der Waals surface area contributed by atoms with Crippen molar-refractivity contribution in [3.63, 3.8) is 0 Å². The van der Waals surface area contributed by atoms with Gasteiger partial charge in [0.05, 0.1) is 13.2 Å². The number of carbonyl (C=O) groups is 3. The number of rotatable bonds is 20. The number of nitrogens with one attached hydrogen (secondary N) is 1. The summed E-state index contributed by atoms with van der Waals surface area (Å²) in [7, 11) is 9.45. The number of allylic oxidation sites excluding steroid dienone is 5. The normalized spacial score (nSPS) is 14.3. The Kier molecular flexibility index (Phi) is 15.8. The van der Waals surface area contributed by atoms with Gasteiger partial charge in [-0.25, -0.2) is 4.58 Å². The largest absolute Gasteiger partial charge is 0.491 e. The van der Waals surface area contributed by atoms with Crippen molar-refractivity contribution in [2.45, 2.75) is 45.0 Å². The van der Waals surface area contributed by atoms with Crippen molar-refractivity contribution < 1.29 is 33.2 Å². The summed E-state index contributed by atoms with van der Waals surface area (Å²) in [5, 5.41) is 9.13. The van der Waals surface area contributed by atoms with Crippen molar-refractivity contribution in [2.24, 2.45) is 5.11 Å². The van der Waals surface area contributed by atoms with Crippen LogP contribution in [-0.2, 0) is 14.3 Å². The average Bonchev–Trinajstić information content (AvgIpc) is 3.24. The molecule has 60 heavy (non-hydrogen) atoms. The number of ether oxygens (including phenoxy) is 3. The van der Waals surface area contributed by atoms with Crippen LogP contribution in [0.1, 0.15) is 57.5 Å². The van der Waals surface area contributed by atoms with Crippen molar-refractivity contribution in [2.75, 3.05) is 80.2 Å². The fraction of sp³-hybridized carbons (Fsp3) is 0.391. The van der Waals surface area contributed by atoms with E-state index in [1.54, 1.807) is 43.3 Å². The summed E-state index contributed by atoms with van der Waals surface area (Å²) in [4.78, 5) is 46.6. The lowest BCUT2D eigenvalue weighted by Crippen LogP contribution is -2.49. The molecule has 0 spiro atoms. The van der Waals surface area contributed by atoms with Crippen LogP contribution in [0.5, 0.6) is 5.75 Å². The minimum absolute atomic E-state index is 0.0299. The maximum atomic E-state index is 14.2. The molecule has 14 heteroatoms. The third-order valence-electron chi connectivity index (χ3n) is 10.8. The molecule has 316 valence electrons. The van der Waals surface area contributed by atoms with Gasteiger partial charge in [0.25, 0.3) is 11.8 Å². The molecule has 0 bridgehead atoms. The fourth-order valence-corrected chi connectivity index (χ4v) is 10.5. The van der Waals surface area contributed by atoms with Crippen molar-refractivity contribution in [3.05, 3.63) is 128 Å². The molecule has 0 fully saturated rings. The number of hydrogen-bond acceptors (Lipinski definition) is 8. The number of azide groups is 1. The third kappa shape index (κ3) is 11.1. The number of benzene rings is 3. The van der Waals surface area contributed by atoms with Crippen LogP contribution < -0.4 is 20.1 Å². The highest BCUT2D eigenvalue weighted by molar-refractivity contribution is 6.98. The van der Waals surface area contributed by atoms with Crippen LogP contribution in [0, 0.1) is 0 Å². The average molecular weight is 833 g/mol. The van der Waals surface area contributed by atoms with Gasteiger partial charge in [-0.05, 0) is 93.5 Å². The summed E-state index contributed by atoms with van der Waals surface area (Å²) in [6.07, 6.45) is 7.54. The SMILES string of the molecule is COCCOC(COc1cccc(C(=O)NCCCC(=O)CCCN(C)C(=O)c2ccccc2C2=C3C=CC(=[N+](C)C)C=C3[Si](C)(C)c3cc(N(C)C)ccc32)c1)N=[N+]=[N-]. The third-order valence-corrected chi connectivity index (χ3v) is 14.4. The van der Waals surface area contributed by atoms with Crippen LogP contribution in [0.15, 0.2) is 101 Å². The van der Waals surface area contributed by atoms with E-state index >= 15 is 0 Å². The minimum atomic E-state index is -2.15. The van der Waals surface area contributed by atoms with E-state index in [2.05, 4.69) is 109 Å². The van der Waals surface area contributed by atoms with Gasteiger partial charge in [0.2, 0.25) is 0 Å². The van der Waals surface area contributed by atoms with Crippen LogP contribution in [0.4, 0.5) is 5.69 Å². The predicted molar refractivity (Wildman–Crippen MR) is 240 cm³/mol. The smallest absolute Gasteiger partial charge is 0.254 e. The maximum Gasteiger partial charge on any atom is 0.254 e. The lowest BCUT2D eigenvalue weighted by Gasteiger charge is -2.38. The molecular weight excluding hydrogens is 775 g/mol. The first-order chi connectivity index (χ1) is 28.8. The van der Waals surface area contributed by atoms with Crippen LogP contribution in [0.3, 0.4) is 0 Å². The Bertz CT molecular complexity index is 2250. The molecule has 0 radical (unpaired) electrons. The van der Waals surface area contributed by atoms with Crippen LogP contribution >= 0.6 is 0 Å². The maximum absolute atomic E-state index is 14.2. The van der Waals surface area contributed by atoms with Gasteiger partial charge >= 0.3 is 0 Å². The van der Waals surface area contributed by atoms with Crippen molar-refractivity contribution in [3.8, 4) is 5.75 Å². The standard InChI is InChI=1S/C46H57N7O6Si/c1-51(2)33-20-22-39-41(29-33)60(7,8)42-30-34(52(3)4)21-23-40(42)44(39)37-18-9-10-19-38(37)46(56)53(5)25-13-16-35(54)15-12-24-48-45(55)32-14-11-17-36(28-32)59-31-43(49-50-47)58-27-26-57-6/h9-11,14,17-23,28-30,43H,12-13,15-16,24-27,31H2,1-8H3/p+1. The van der Waals surface area contributed by atoms with E-state index in [0.29, 0.717) is 62.3 Å². The highest BCUT2D eigenvalue weighted by atomic mass is 28.3. The molecule has 3 aromatic rings. The van der Waals surface area contributed by atoms with E-state index in [4.69, 9.17) is 19.7 Å². The lowest BCUT2D eigenvalue weighted by molar-refractivity contribution is -0.462. The number of ketones is 1. The molecule has 1 atom stereocenters. The molecule has 0 saturated heterocycles. The molecule has 13 nitrogen and oxygen atoms in total. The van der Waals surface area contributed by atoms with E-state index in [0.717, 1.165) is 22.5 Å². The van der Waals surface area contributed by atoms with Crippen molar-refractivity contribution >= 4 is 47.8 Å². The Morgan fingerprint density at radius 3 is 2.43 bits per heavy atom. The Balaban J connectivity index is 1.17. The Morgan fingerprint density at radius 2 is 1.70 bits per heavy atom. The summed E-state index contributed by atoms with van der Waals surface area (Å²) in [5.41, 5.74) is 16.4. The van der Waals surface area contributed by atoms with E-state index in [1.165, 1.54) is 21.5 Å². The number of nitrogens with zero attached hydrogens (tertiary/aromatic N) is 6. The van der Waals surface area contributed by atoms with Gasteiger partial charge in [-0.1, -0.05) is 48.5 Å². The zero-order valence-corrected chi connectivity index (χ0v) is 37.2. The molecule has 2 aliphatic rings. The first-order valence-electron chi connectivity index (χ1n) is 20.3. The quantitative estimate of drug-likeness (QED) is 0.0340. The van der Waals surface area contributed by atoms with Crippen LogP contribution in [0.25, 0.3) is 16.0 Å². The van der Waals surface area contributed by atoms with Gasteiger partial charge in [0.15, 0.2) is 11.9 Å². The van der Waals surface area contributed by atoms with Gasteiger partial charge in [0.1, 0.15) is 40.3 Å². The van der Waals surface area contributed by atoms with Gasteiger partial charge in [-0.15, -0.1) is 0 Å². The number of methoxy groups -OCH3 is 1. The van der Waals surface area contributed by atoms with E-state index in [1.807, 2.05) is 18.2 Å². The van der Waals surface area contributed by atoms with Crippen LogP contribution in [-0.4, -0.2) is 122 Å². The second-order valence-electron chi connectivity index (χ2n) is 15.9. The first kappa shape index (κ1) is 45.3. The molecule has 1 N–H and O–H groups in total. The predicted octanol–water partition coefficient (Wildman–Crippen LogP) is 6.54. The molecule has 2 amide bonds. The molecule has 1 aliphatic heterocycles. The van der Waals surface area contributed by atoms with Crippen LogP contribution in [0.2, 0.25) is 13.1 Å². The number of fused-ring (bicyclic) bond motifs is 2. The number of carbonyl (C=O) groups excluding carboxylic acids is 3. The zero-order chi connectivity index (χ0) is 43.4. The lowest BCUT2D eigenvalue weighted by atomic mass is 9.87. The highest BCUT2D eigenvalue weighted by Gasteiger charge is 2.41. The summed E-state index contributed by atoms with van der Waals surface area (Å²) >= 11 is 0.